The molecule has 0 saturated heterocycles. The quantitative estimate of drug-likeness (QED) is 0.807. The van der Waals surface area contributed by atoms with E-state index in [1.165, 1.54) is 5.56 Å². The van der Waals surface area contributed by atoms with E-state index in [0.717, 1.165) is 19.5 Å². The van der Waals surface area contributed by atoms with Crippen molar-refractivity contribution in [3.05, 3.63) is 48.6 Å². The second-order valence-electron chi connectivity index (χ2n) is 4.84. The third kappa shape index (κ3) is 2.73. The number of rotatable bonds is 5. The lowest BCUT2D eigenvalue weighted by atomic mass is 9.93. The minimum Gasteiger partial charge on any atom is -0.370 e. The Kier molecular flexibility index (Phi) is 4.03. The summed E-state index contributed by atoms with van der Waals surface area (Å²) in [6.45, 7) is 7.62. The molecule has 1 aromatic carbocycles. The number of hydrogen-bond acceptors (Lipinski definition) is 3. The van der Waals surface area contributed by atoms with E-state index < -0.39 is 0 Å². The highest BCUT2D eigenvalue weighted by molar-refractivity contribution is 5.80. The summed E-state index contributed by atoms with van der Waals surface area (Å²) >= 11 is 0. The highest BCUT2D eigenvalue weighted by atomic mass is 15.3. The summed E-state index contributed by atoms with van der Waals surface area (Å²) in [6, 6.07) is 11.0. The summed E-state index contributed by atoms with van der Waals surface area (Å²) in [6.07, 6.45) is 2.95. The number of nitrogens with two attached hydrogens (primary N) is 1. The molecule has 0 saturated carbocycles. The average molecular weight is 243 g/mol. The number of hydrogen-bond donors (Lipinski definition) is 1. The van der Waals surface area contributed by atoms with Crippen LogP contribution in [-0.2, 0) is 0 Å². The maximum atomic E-state index is 5.90. The predicted molar refractivity (Wildman–Crippen MR) is 76.7 cm³/mol. The smallest absolute Gasteiger partial charge is 0.191 e. The molecule has 2 atom stereocenters. The van der Waals surface area contributed by atoms with E-state index in [0.29, 0.717) is 17.9 Å². The summed E-state index contributed by atoms with van der Waals surface area (Å²) < 4.78 is 0. The van der Waals surface area contributed by atoms with Crippen LogP contribution in [-0.4, -0.2) is 30.0 Å². The van der Waals surface area contributed by atoms with Crippen LogP contribution in [0.4, 0.5) is 0 Å². The molecule has 3 nitrogen and oxygen atoms in total. The molecule has 1 aliphatic heterocycles. The van der Waals surface area contributed by atoms with Gasteiger partial charge in [0, 0.05) is 6.54 Å². The van der Waals surface area contributed by atoms with Crippen molar-refractivity contribution < 1.29 is 0 Å². The minimum absolute atomic E-state index is 0.401. The average Bonchev–Trinajstić information content (AvgIpc) is 2.73. The molecule has 0 aliphatic carbocycles. The van der Waals surface area contributed by atoms with Crippen LogP contribution in [0.3, 0.4) is 0 Å². The van der Waals surface area contributed by atoms with Crippen molar-refractivity contribution in [1.82, 2.24) is 4.90 Å². The van der Waals surface area contributed by atoms with Gasteiger partial charge in [-0.05, 0) is 17.9 Å². The third-order valence-electron chi connectivity index (χ3n) is 3.52. The molecule has 2 N–H and O–H groups in total. The fourth-order valence-electron chi connectivity index (χ4n) is 2.48. The fourth-order valence-corrected chi connectivity index (χ4v) is 2.48. The van der Waals surface area contributed by atoms with Crippen molar-refractivity contribution >= 4 is 5.96 Å². The highest BCUT2D eigenvalue weighted by Gasteiger charge is 2.26. The van der Waals surface area contributed by atoms with E-state index in [1.54, 1.807) is 0 Å². The van der Waals surface area contributed by atoms with Gasteiger partial charge in [0.2, 0.25) is 0 Å². The zero-order valence-corrected chi connectivity index (χ0v) is 10.9. The molecule has 1 aromatic rings. The van der Waals surface area contributed by atoms with E-state index >= 15 is 0 Å². The van der Waals surface area contributed by atoms with Gasteiger partial charge >= 0.3 is 0 Å². The van der Waals surface area contributed by atoms with Crippen molar-refractivity contribution in [3.63, 3.8) is 0 Å². The van der Waals surface area contributed by atoms with Gasteiger partial charge < -0.3 is 10.6 Å². The number of guanidine groups is 1. The summed E-state index contributed by atoms with van der Waals surface area (Å²) in [7, 11) is 0. The highest BCUT2D eigenvalue weighted by Crippen LogP contribution is 2.24. The van der Waals surface area contributed by atoms with Gasteiger partial charge in [-0.2, -0.15) is 0 Å². The second-order valence-corrected chi connectivity index (χ2v) is 4.84. The summed E-state index contributed by atoms with van der Waals surface area (Å²) in [4.78, 5) is 6.48. The Morgan fingerprint density at radius 3 is 2.89 bits per heavy atom. The van der Waals surface area contributed by atoms with Crippen molar-refractivity contribution in [2.45, 2.75) is 25.3 Å². The van der Waals surface area contributed by atoms with Crippen LogP contribution >= 0.6 is 0 Å². The second kappa shape index (κ2) is 5.71. The molecule has 0 fully saturated rings. The van der Waals surface area contributed by atoms with Gasteiger partial charge in [0.1, 0.15) is 0 Å². The summed E-state index contributed by atoms with van der Waals surface area (Å²) in [5.41, 5.74) is 7.27. The largest absolute Gasteiger partial charge is 0.370 e. The monoisotopic (exact) mass is 243 g/mol. The first-order valence-corrected chi connectivity index (χ1v) is 6.44. The van der Waals surface area contributed by atoms with Crippen LogP contribution in [0.15, 0.2) is 48.0 Å². The van der Waals surface area contributed by atoms with E-state index in [4.69, 9.17) is 5.73 Å². The Balaban J connectivity index is 1.99. The maximum absolute atomic E-state index is 5.90. The Labute approximate surface area is 109 Å². The molecule has 0 amide bonds. The van der Waals surface area contributed by atoms with Crippen molar-refractivity contribution in [2.75, 3.05) is 13.1 Å². The molecule has 0 bridgehead atoms. The van der Waals surface area contributed by atoms with Crippen LogP contribution in [0, 0.1) is 0 Å². The first-order valence-electron chi connectivity index (χ1n) is 6.44. The number of aliphatic imine (C=N–C) groups is 1. The van der Waals surface area contributed by atoms with Gasteiger partial charge in [0.05, 0.1) is 12.6 Å². The van der Waals surface area contributed by atoms with Gasteiger partial charge in [-0.25, -0.2) is 0 Å². The molecule has 0 spiro atoms. The molecule has 0 aromatic heterocycles. The van der Waals surface area contributed by atoms with Crippen molar-refractivity contribution in [1.29, 1.82) is 0 Å². The van der Waals surface area contributed by atoms with Crippen molar-refractivity contribution in [3.8, 4) is 0 Å². The topological polar surface area (TPSA) is 41.6 Å². The van der Waals surface area contributed by atoms with Crippen LogP contribution in [0.1, 0.15) is 24.8 Å². The first-order chi connectivity index (χ1) is 8.72. The molecule has 1 heterocycles. The van der Waals surface area contributed by atoms with Gasteiger partial charge in [-0.3, -0.25) is 4.99 Å². The zero-order chi connectivity index (χ0) is 13.0. The molecule has 1 aliphatic rings. The van der Waals surface area contributed by atoms with Crippen LogP contribution in [0.2, 0.25) is 0 Å². The third-order valence-corrected chi connectivity index (χ3v) is 3.52. The Hall–Kier alpha value is -1.77. The molecule has 0 radical (unpaired) electrons. The molecular weight excluding hydrogens is 222 g/mol. The van der Waals surface area contributed by atoms with Gasteiger partial charge in [-0.15, -0.1) is 6.58 Å². The normalized spacial score (nSPS) is 20.6. The van der Waals surface area contributed by atoms with E-state index in [9.17, 15) is 0 Å². The lowest BCUT2D eigenvalue weighted by molar-refractivity contribution is 0.335. The molecule has 3 heteroatoms. The standard InChI is InChI=1S/C15H21N3/c1-3-9-18-14(11-17-15(18)16)10-12(2)13-7-5-4-6-8-13/h3-8,12,14H,1,9-11H2,2H3,(H2,16,17). The predicted octanol–water partition coefficient (Wildman–Crippen LogP) is 2.37. The van der Waals surface area contributed by atoms with Gasteiger partial charge in [0.25, 0.3) is 0 Å². The molecule has 2 unspecified atom stereocenters. The molecule has 96 valence electrons. The SMILES string of the molecule is C=CCN1C(N)=NCC1CC(C)c1ccccc1. The Morgan fingerprint density at radius 1 is 1.50 bits per heavy atom. The molecule has 18 heavy (non-hydrogen) atoms. The van der Waals surface area contributed by atoms with E-state index in [2.05, 4.69) is 53.7 Å². The first kappa shape index (κ1) is 12.7. The van der Waals surface area contributed by atoms with Gasteiger partial charge in [-0.1, -0.05) is 43.3 Å². The van der Waals surface area contributed by atoms with Crippen molar-refractivity contribution in [2.24, 2.45) is 10.7 Å². The summed E-state index contributed by atoms with van der Waals surface area (Å²) in [5, 5.41) is 0. The van der Waals surface area contributed by atoms with E-state index in [1.807, 2.05) is 6.08 Å². The molecule has 2 rings (SSSR count). The summed E-state index contributed by atoms with van der Waals surface area (Å²) in [5.74, 6) is 1.17. The van der Waals surface area contributed by atoms with Gasteiger partial charge in [0.15, 0.2) is 5.96 Å². The lowest BCUT2D eigenvalue weighted by Gasteiger charge is -2.27. The Bertz CT molecular complexity index is 425. The zero-order valence-electron chi connectivity index (χ0n) is 10.9. The van der Waals surface area contributed by atoms with E-state index in [-0.39, 0.29) is 0 Å². The minimum atomic E-state index is 0.401. The Morgan fingerprint density at radius 2 is 2.22 bits per heavy atom. The molecular formula is C15H21N3. The number of benzene rings is 1. The van der Waals surface area contributed by atoms with Crippen LogP contribution in [0.5, 0.6) is 0 Å². The van der Waals surface area contributed by atoms with Crippen LogP contribution in [0.25, 0.3) is 0 Å². The maximum Gasteiger partial charge on any atom is 0.191 e. The number of nitrogens with zero attached hydrogens (tertiary/aromatic N) is 2. The fraction of sp³-hybridized carbons (Fsp3) is 0.400. The van der Waals surface area contributed by atoms with Crippen LogP contribution < -0.4 is 5.73 Å². The lowest BCUT2D eigenvalue weighted by Crippen LogP contribution is -2.41.